The highest BCUT2D eigenvalue weighted by molar-refractivity contribution is 7.91. The van der Waals surface area contributed by atoms with Crippen molar-refractivity contribution in [2.75, 3.05) is 11.5 Å². The summed E-state index contributed by atoms with van der Waals surface area (Å²) in [6.07, 6.45) is 3.60. The Balaban J connectivity index is 1.43. The van der Waals surface area contributed by atoms with Crippen molar-refractivity contribution in [2.45, 2.75) is 31.7 Å². The molecule has 3 N–H and O–H groups in total. The summed E-state index contributed by atoms with van der Waals surface area (Å²) in [5.74, 6) is -1.39. The van der Waals surface area contributed by atoms with Crippen LogP contribution in [0.25, 0.3) is 10.9 Å². The lowest BCUT2D eigenvalue weighted by Gasteiger charge is -2.23. The molecule has 2 heterocycles. The Morgan fingerprint density at radius 3 is 2.67 bits per heavy atom. The Labute approximate surface area is 157 Å². The van der Waals surface area contributed by atoms with Crippen molar-refractivity contribution < 1.29 is 23.1 Å². The summed E-state index contributed by atoms with van der Waals surface area (Å²) in [6, 6.07) is 6.61. The molecule has 2 atom stereocenters. The topological polar surface area (TPSA) is 116 Å². The lowest BCUT2D eigenvalue weighted by Crippen LogP contribution is -2.44. The molecule has 2 unspecified atom stereocenters. The monoisotopic (exact) mass is 390 g/mol. The van der Waals surface area contributed by atoms with Gasteiger partial charge in [-0.25, -0.2) is 13.2 Å². The number of aromatic nitrogens is 1. The number of aromatic amines is 1. The van der Waals surface area contributed by atoms with Crippen molar-refractivity contribution >= 4 is 32.6 Å². The number of carbonyl (C=O) groups is 2. The second kappa shape index (κ2) is 6.37. The fraction of sp³-hybridized carbons (Fsp3) is 0.474. The average Bonchev–Trinajstić information content (AvgIpc) is 3.21. The van der Waals surface area contributed by atoms with Gasteiger partial charge in [-0.05, 0) is 36.3 Å². The number of aliphatic carboxylic acids is 1. The van der Waals surface area contributed by atoms with Crippen molar-refractivity contribution in [3.63, 3.8) is 0 Å². The van der Waals surface area contributed by atoms with Gasteiger partial charge in [-0.1, -0.05) is 18.2 Å². The molecule has 1 aromatic heterocycles. The molecule has 7 nitrogen and oxygen atoms in total. The molecule has 1 saturated carbocycles. The quantitative estimate of drug-likeness (QED) is 0.715. The van der Waals surface area contributed by atoms with E-state index in [1.165, 1.54) is 0 Å². The van der Waals surface area contributed by atoms with Crippen LogP contribution in [-0.2, 0) is 25.8 Å². The number of amides is 1. The van der Waals surface area contributed by atoms with E-state index in [1.54, 1.807) is 6.20 Å². The van der Waals surface area contributed by atoms with E-state index in [0.717, 1.165) is 16.5 Å². The molecule has 1 saturated heterocycles. The molecule has 4 rings (SSSR count). The molecular formula is C19H22N2O5S. The van der Waals surface area contributed by atoms with Crippen molar-refractivity contribution in [2.24, 2.45) is 11.3 Å². The van der Waals surface area contributed by atoms with Crippen LogP contribution in [0.3, 0.4) is 0 Å². The van der Waals surface area contributed by atoms with Gasteiger partial charge in [0.25, 0.3) is 0 Å². The number of rotatable bonds is 5. The summed E-state index contributed by atoms with van der Waals surface area (Å²) < 4.78 is 23.2. The van der Waals surface area contributed by atoms with Crippen molar-refractivity contribution in [3.05, 3.63) is 36.0 Å². The first-order valence-electron chi connectivity index (χ1n) is 9.08. The van der Waals surface area contributed by atoms with Crippen LogP contribution in [-0.4, -0.2) is 47.9 Å². The number of benzene rings is 1. The third-order valence-corrected chi connectivity index (χ3v) is 7.69. The minimum Gasteiger partial charge on any atom is -0.480 e. The first kappa shape index (κ1) is 18.0. The minimum atomic E-state index is -2.98. The van der Waals surface area contributed by atoms with E-state index in [9.17, 15) is 23.1 Å². The van der Waals surface area contributed by atoms with E-state index < -0.39 is 21.8 Å². The summed E-state index contributed by atoms with van der Waals surface area (Å²) in [4.78, 5) is 27.4. The van der Waals surface area contributed by atoms with Gasteiger partial charge in [0.2, 0.25) is 5.91 Å². The SMILES string of the molecule is O=C(O)C(Cc1c[nH]c2ccccc12)NC(=O)C1CC12CCS(=O)(=O)CC2. The summed E-state index contributed by atoms with van der Waals surface area (Å²) >= 11 is 0. The Hall–Kier alpha value is -2.35. The van der Waals surface area contributed by atoms with Crippen molar-refractivity contribution in [3.8, 4) is 0 Å². The summed E-state index contributed by atoms with van der Waals surface area (Å²) in [6.45, 7) is 0. The Kier molecular flexibility index (Phi) is 4.25. The zero-order chi connectivity index (χ0) is 19.2. The molecule has 1 aliphatic heterocycles. The lowest BCUT2D eigenvalue weighted by atomic mass is 9.95. The highest BCUT2D eigenvalue weighted by atomic mass is 32.2. The number of para-hydroxylation sites is 1. The number of fused-ring (bicyclic) bond motifs is 1. The molecule has 144 valence electrons. The van der Waals surface area contributed by atoms with Crippen LogP contribution in [0.5, 0.6) is 0 Å². The predicted molar refractivity (Wildman–Crippen MR) is 100.0 cm³/mol. The maximum absolute atomic E-state index is 12.6. The van der Waals surface area contributed by atoms with E-state index >= 15 is 0 Å². The molecular weight excluding hydrogens is 368 g/mol. The summed E-state index contributed by atoms with van der Waals surface area (Å²) in [5, 5.41) is 13.2. The van der Waals surface area contributed by atoms with Crippen LogP contribution in [0, 0.1) is 11.3 Å². The fourth-order valence-electron chi connectivity index (χ4n) is 4.21. The van der Waals surface area contributed by atoms with E-state index in [2.05, 4.69) is 10.3 Å². The van der Waals surface area contributed by atoms with Crippen LogP contribution in [0.1, 0.15) is 24.8 Å². The second-order valence-corrected chi connectivity index (χ2v) is 10.0. The van der Waals surface area contributed by atoms with E-state index in [1.807, 2.05) is 24.3 Å². The van der Waals surface area contributed by atoms with E-state index in [4.69, 9.17) is 0 Å². The molecule has 0 radical (unpaired) electrons. The molecule has 2 fully saturated rings. The van der Waals surface area contributed by atoms with Gasteiger partial charge in [0.15, 0.2) is 0 Å². The molecule has 2 aliphatic rings. The molecule has 1 aromatic carbocycles. The van der Waals surface area contributed by atoms with Gasteiger partial charge < -0.3 is 15.4 Å². The van der Waals surface area contributed by atoms with Gasteiger partial charge in [-0.2, -0.15) is 0 Å². The van der Waals surface area contributed by atoms with Crippen molar-refractivity contribution in [1.82, 2.24) is 10.3 Å². The summed E-state index contributed by atoms with van der Waals surface area (Å²) in [7, 11) is -2.98. The molecule has 1 aliphatic carbocycles. The Bertz CT molecular complexity index is 996. The Morgan fingerprint density at radius 2 is 1.96 bits per heavy atom. The van der Waals surface area contributed by atoms with Crippen LogP contribution >= 0.6 is 0 Å². The average molecular weight is 390 g/mol. The molecule has 2 aromatic rings. The van der Waals surface area contributed by atoms with Gasteiger partial charge in [-0.15, -0.1) is 0 Å². The predicted octanol–water partition coefficient (Wildman–Crippen LogP) is 1.49. The Morgan fingerprint density at radius 1 is 1.26 bits per heavy atom. The minimum absolute atomic E-state index is 0.120. The summed E-state index contributed by atoms with van der Waals surface area (Å²) in [5.41, 5.74) is 1.51. The fourth-order valence-corrected chi connectivity index (χ4v) is 5.85. The number of hydrogen-bond donors (Lipinski definition) is 3. The first-order chi connectivity index (χ1) is 12.8. The zero-order valence-corrected chi connectivity index (χ0v) is 15.6. The van der Waals surface area contributed by atoms with E-state index in [0.29, 0.717) is 19.3 Å². The maximum Gasteiger partial charge on any atom is 0.326 e. The van der Waals surface area contributed by atoms with Gasteiger partial charge in [0, 0.05) is 29.4 Å². The van der Waals surface area contributed by atoms with Crippen molar-refractivity contribution in [1.29, 1.82) is 0 Å². The number of sulfone groups is 1. The molecule has 27 heavy (non-hydrogen) atoms. The van der Waals surface area contributed by atoms with Gasteiger partial charge in [0.1, 0.15) is 15.9 Å². The van der Waals surface area contributed by atoms with Crippen LogP contribution < -0.4 is 5.32 Å². The van der Waals surface area contributed by atoms with Crippen LogP contribution in [0.2, 0.25) is 0 Å². The van der Waals surface area contributed by atoms with Gasteiger partial charge in [-0.3, -0.25) is 4.79 Å². The molecule has 1 spiro atoms. The number of carbonyl (C=O) groups excluding carboxylic acids is 1. The highest BCUT2D eigenvalue weighted by Crippen LogP contribution is 2.59. The lowest BCUT2D eigenvalue weighted by molar-refractivity contribution is -0.142. The maximum atomic E-state index is 12.6. The number of carboxylic acid groups (broad SMARTS) is 1. The van der Waals surface area contributed by atoms with Gasteiger partial charge >= 0.3 is 5.97 Å². The molecule has 0 bridgehead atoms. The van der Waals surface area contributed by atoms with Crippen LogP contribution in [0.15, 0.2) is 30.5 Å². The largest absolute Gasteiger partial charge is 0.480 e. The van der Waals surface area contributed by atoms with Crippen LogP contribution in [0.4, 0.5) is 0 Å². The van der Waals surface area contributed by atoms with E-state index in [-0.39, 0.29) is 35.2 Å². The number of carboxylic acids is 1. The molecule has 8 heteroatoms. The third kappa shape index (κ3) is 3.45. The second-order valence-electron chi connectivity index (χ2n) is 7.73. The van der Waals surface area contributed by atoms with Gasteiger partial charge in [0.05, 0.1) is 11.5 Å². The smallest absolute Gasteiger partial charge is 0.326 e. The third-order valence-electron chi connectivity index (χ3n) is 6.04. The number of hydrogen-bond acceptors (Lipinski definition) is 4. The number of H-pyrrole nitrogens is 1. The zero-order valence-electron chi connectivity index (χ0n) is 14.8. The normalized spacial score (nSPS) is 23.8. The first-order valence-corrected chi connectivity index (χ1v) is 10.9. The standard InChI is InChI=1S/C19H22N2O5S/c22-17(14-10-19(14)5-7-27(25,26)8-6-19)21-16(18(23)24)9-12-11-20-15-4-2-1-3-13(12)15/h1-4,11,14,16,20H,5-10H2,(H,21,22)(H,23,24). The number of nitrogens with one attached hydrogen (secondary N) is 2. The highest BCUT2D eigenvalue weighted by Gasteiger charge is 2.59. The molecule has 1 amide bonds.